The highest BCUT2D eigenvalue weighted by atomic mass is 32.2. The first-order valence-corrected chi connectivity index (χ1v) is 9.02. The fraction of sp³-hybridized carbons (Fsp3) is 0.263. The number of aryl methyl sites for hydroxylation is 2. The molecule has 2 aromatic carbocycles. The first kappa shape index (κ1) is 17.5. The minimum atomic E-state index is -0.298. The summed E-state index contributed by atoms with van der Waals surface area (Å²) in [7, 11) is 1.84. The van der Waals surface area contributed by atoms with E-state index in [1.54, 1.807) is 30.0 Å². The van der Waals surface area contributed by atoms with Crippen molar-refractivity contribution in [3.63, 3.8) is 0 Å². The Kier molecular flexibility index (Phi) is 5.38. The van der Waals surface area contributed by atoms with E-state index in [2.05, 4.69) is 10.2 Å². The smallest absolute Gasteiger partial charge is 0.191 e. The van der Waals surface area contributed by atoms with E-state index in [1.807, 2.05) is 43.7 Å². The average Bonchev–Trinajstić information content (AvgIpc) is 2.95. The van der Waals surface area contributed by atoms with Crippen LogP contribution >= 0.6 is 11.8 Å². The average molecular weight is 357 g/mol. The summed E-state index contributed by atoms with van der Waals surface area (Å²) in [6.07, 6.45) is 0. The largest absolute Gasteiger partial charge is 0.492 e. The van der Waals surface area contributed by atoms with Crippen molar-refractivity contribution in [2.24, 2.45) is 7.05 Å². The van der Waals surface area contributed by atoms with Crippen molar-refractivity contribution in [2.45, 2.75) is 19.0 Å². The molecule has 3 aromatic rings. The lowest BCUT2D eigenvalue weighted by molar-refractivity contribution is 0.339. The topological polar surface area (TPSA) is 39.9 Å². The molecule has 0 aliphatic rings. The van der Waals surface area contributed by atoms with Crippen molar-refractivity contribution in [1.29, 1.82) is 0 Å². The monoisotopic (exact) mass is 357 g/mol. The van der Waals surface area contributed by atoms with E-state index in [9.17, 15) is 4.39 Å². The number of ether oxygens (including phenoxy) is 1. The van der Waals surface area contributed by atoms with E-state index in [0.29, 0.717) is 18.0 Å². The Morgan fingerprint density at radius 2 is 1.76 bits per heavy atom. The zero-order chi connectivity index (χ0) is 17.8. The van der Waals surface area contributed by atoms with Gasteiger partial charge in [-0.15, -0.1) is 10.2 Å². The molecule has 0 fully saturated rings. The van der Waals surface area contributed by atoms with Crippen LogP contribution in [0.15, 0.2) is 47.6 Å². The SMILES string of the molecule is Cc1cccc(C)c1OCCSc1nnc(-c2ccccc2F)n1C. The Hall–Kier alpha value is -2.34. The minimum absolute atomic E-state index is 0.298. The normalized spacial score (nSPS) is 10.9. The van der Waals surface area contributed by atoms with E-state index in [4.69, 9.17) is 4.74 Å². The van der Waals surface area contributed by atoms with E-state index in [-0.39, 0.29) is 5.82 Å². The summed E-state index contributed by atoms with van der Waals surface area (Å²) in [6, 6.07) is 12.7. The number of hydrogen-bond donors (Lipinski definition) is 0. The molecule has 1 aromatic heterocycles. The Bertz CT molecular complexity index is 859. The number of nitrogens with zero attached hydrogens (tertiary/aromatic N) is 3. The Morgan fingerprint density at radius 1 is 1.04 bits per heavy atom. The highest BCUT2D eigenvalue weighted by Gasteiger charge is 2.14. The zero-order valence-corrected chi connectivity index (χ0v) is 15.3. The second-order valence-electron chi connectivity index (χ2n) is 5.76. The third kappa shape index (κ3) is 3.85. The molecule has 1 heterocycles. The molecule has 0 amide bonds. The van der Waals surface area contributed by atoms with Crippen LogP contribution in [0.1, 0.15) is 11.1 Å². The van der Waals surface area contributed by atoms with Gasteiger partial charge in [0.25, 0.3) is 0 Å². The van der Waals surface area contributed by atoms with E-state index >= 15 is 0 Å². The standard InChI is InChI=1S/C19H20FN3OS/c1-13-7-6-8-14(2)17(13)24-11-12-25-19-22-21-18(23(19)3)15-9-4-5-10-16(15)20/h4-10H,11-12H2,1-3H3. The second kappa shape index (κ2) is 7.70. The molecule has 0 atom stereocenters. The maximum Gasteiger partial charge on any atom is 0.191 e. The van der Waals surface area contributed by atoms with Crippen LogP contribution in [0.2, 0.25) is 0 Å². The maximum atomic E-state index is 13.9. The summed E-state index contributed by atoms with van der Waals surface area (Å²) in [4.78, 5) is 0. The van der Waals surface area contributed by atoms with Crippen molar-refractivity contribution < 1.29 is 9.13 Å². The first-order chi connectivity index (χ1) is 12.1. The molecule has 6 heteroatoms. The predicted molar refractivity (Wildman–Crippen MR) is 98.5 cm³/mol. The molecule has 130 valence electrons. The van der Waals surface area contributed by atoms with Gasteiger partial charge in [0.1, 0.15) is 11.6 Å². The van der Waals surface area contributed by atoms with Gasteiger partial charge < -0.3 is 9.30 Å². The van der Waals surface area contributed by atoms with Crippen LogP contribution < -0.4 is 4.74 Å². The highest BCUT2D eigenvalue weighted by Crippen LogP contribution is 2.26. The van der Waals surface area contributed by atoms with Crippen molar-refractivity contribution in [3.8, 4) is 17.1 Å². The summed E-state index contributed by atoms with van der Waals surface area (Å²) in [5.74, 6) is 1.90. The minimum Gasteiger partial charge on any atom is -0.492 e. The van der Waals surface area contributed by atoms with Crippen LogP contribution in [0.3, 0.4) is 0 Å². The van der Waals surface area contributed by atoms with E-state index < -0.39 is 0 Å². The second-order valence-corrected chi connectivity index (χ2v) is 6.82. The molecule has 25 heavy (non-hydrogen) atoms. The van der Waals surface area contributed by atoms with E-state index in [0.717, 1.165) is 27.8 Å². The lowest BCUT2D eigenvalue weighted by atomic mass is 10.1. The molecule has 0 saturated heterocycles. The lowest BCUT2D eigenvalue weighted by Gasteiger charge is -2.11. The van der Waals surface area contributed by atoms with Gasteiger partial charge in [-0.2, -0.15) is 0 Å². The molecule has 0 bridgehead atoms. The number of thioether (sulfide) groups is 1. The molecule has 4 nitrogen and oxygen atoms in total. The van der Waals surface area contributed by atoms with Crippen LogP contribution in [0.4, 0.5) is 4.39 Å². The van der Waals surface area contributed by atoms with Crippen LogP contribution in [-0.2, 0) is 7.05 Å². The number of para-hydroxylation sites is 1. The summed E-state index contributed by atoms with van der Waals surface area (Å²) in [6.45, 7) is 4.65. The first-order valence-electron chi connectivity index (χ1n) is 8.04. The molecule has 0 unspecified atom stereocenters. The van der Waals surface area contributed by atoms with Crippen LogP contribution in [-0.4, -0.2) is 27.1 Å². The van der Waals surface area contributed by atoms with Gasteiger partial charge in [0.15, 0.2) is 11.0 Å². The predicted octanol–water partition coefficient (Wildman–Crippen LogP) is 4.41. The van der Waals surface area contributed by atoms with Crippen molar-refractivity contribution >= 4 is 11.8 Å². The Balaban J connectivity index is 1.62. The van der Waals surface area contributed by atoms with Gasteiger partial charge in [0.2, 0.25) is 0 Å². The maximum absolute atomic E-state index is 13.9. The number of aromatic nitrogens is 3. The van der Waals surface area contributed by atoms with Gasteiger partial charge in [-0.1, -0.05) is 42.1 Å². The fourth-order valence-corrected chi connectivity index (χ4v) is 3.35. The van der Waals surface area contributed by atoms with Gasteiger partial charge in [0, 0.05) is 12.8 Å². The highest BCUT2D eigenvalue weighted by molar-refractivity contribution is 7.99. The number of halogens is 1. The molecule has 0 radical (unpaired) electrons. The Morgan fingerprint density at radius 3 is 2.48 bits per heavy atom. The third-order valence-corrected chi connectivity index (χ3v) is 4.90. The van der Waals surface area contributed by atoms with Gasteiger partial charge in [-0.25, -0.2) is 4.39 Å². The molecule has 0 saturated carbocycles. The molecule has 0 aliphatic carbocycles. The summed E-state index contributed by atoms with van der Waals surface area (Å²) < 4.78 is 21.6. The quantitative estimate of drug-likeness (QED) is 0.484. The molecule has 3 rings (SSSR count). The van der Waals surface area contributed by atoms with E-state index in [1.165, 1.54) is 6.07 Å². The third-order valence-electron chi connectivity index (χ3n) is 3.92. The molecule has 0 N–H and O–H groups in total. The van der Waals surface area contributed by atoms with Gasteiger partial charge in [-0.3, -0.25) is 0 Å². The van der Waals surface area contributed by atoms with Crippen LogP contribution in [0, 0.1) is 19.7 Å². The number of rotatable bonds is 6. The summed E-state index contributed by atoms with van der Waals surface area (Å²) in [5.41, 5.74) is 2.71. The fourth-order valence-electron chi connectivity index (χ4n) is 2.62. The van der Waals surface area contributed by atoms with Gasteiger partial charge >= 0.3 is 0 Å². The Labute approximate surface area is 151 Å². The van der Waals surface area contributed by atoms with Crippen molar-refractivity contribution in [2.75, 3.05) is 12.4 Å². The summed E-state index contributed by atoms with van der Waals surface area (Å²) >= 11 is 1.54. The number of hydrogen-bond acceptors (Lipinski definition) is 4. The van der Waals surface area contributed by atoms with Crippen molar-refractivity contribution in [1.82, 2.24) is 14.8 Å². The van der Waals surface area contributed by atoms with Crippen LogP contribution in [0.5, 0.6) is 5.75 Å². The zero-order valence-electron chi connectivity index (χ0n) is 14.5. The lowest BCUT2D eigenvalue weighted by Crippen LogP contribution is -2.04. The van der Waals surface area contributed by atoms with Gasteiger partial charge in [0.05, 0.1) is 12.2 Å². The molecule has 0 spiro atoms. The summed E-state index contributed by atoms with van der Waals surface area (Å²) in [5, 5.41) is 9.03. The molecular weight excluding hydrogens is 337 g/mol. The van der Waals surface area contributed by atoms with Crippen molar-refractivity contribution in [3.05, 3.63) is 59.4 Å². The molecule has 0 aliphatic heterocycles. The number of benzene rings is 2. The van der Waals surface area contributed by atoms with Gasteiger partial charge in [-0.05, 0) is 37.1 Å². The van der Waals surface area contributed by atoms with Crippen LogP contribution in [0.25, 0.3) is 11.4 Å². The molecular formula is C19H20FN3OS.